The van der Waals surface area contributed by atoms with Crippen molar-refractivity contribution in [1.29, 1.82) is 0 Å². The van der Waals surface area contributed by atoms with Crippen molar-refractivity contribution in [3.05, 3.63) is 59.3 Å². The Bertz CT molecular complexity index is 1200. The molecular weight excluding hydrogens is 413 g/mol. The van der Waals surface area contributed by atoms with Crippen molar-refractivity contribution in [2.24, 2.45) is 7.05 Å². The van der Waals surface area contributed by atoms with E-state index in [1.54, 1.807) is 26.0 Å². The molecular formula is C19H20FN5O4S. The Morgan fingerprint density at radius 3 is 2.47 bits per heavy atom. The number of benzene rings is 1. The van der Waals surface area contributed by atoms with E-state index in [1.165, 1.54) is 26.4 Å². The molecule has 3 aromatic rings. The first-order chi connectivity index (χ1) is 14.1. The maximum absolute atomic E-state index is 13.8. The molecule has 9 nitrogen and oxygen atoms in total. The first-order valence-corrected chi connectivity index (χ1v) is 10.2. The number of amides is 1. The van der Waals surface area contributed by atoms with Crippen LogP contribution in [0.15, 0.2) is 41.6 Å². The number of halogens is 1. The fraction of sp³-hybridized carbons (Fsp3) is 0.211. The Balaban J connectivity index is 1.96. The van der Waals surface area contributed by atoms with Crippen molar-refractivity contribution in [2.75, 3.05) is 17.1 Å². The molecule has 0 aliphatic carbocycles. The minimum absolute atomic E-state index is 0.0349. The molecule has 0 bridgehead atoms. The molecule has 2 heterocycles. The van der Waals surface area contributed by atoms with Crippen LogP contribution < -0.4 is 14.8 Å². The quantitative estimate of drug-likeness (QED) is 0.618. The van der Waals surface area contributed by atoms with Gasteiger partial charge in [0.15, 0.2) is 16.4 Å². The Kier molecular flexibility index (Phi) is 5.74. The fourth-order valence-corrected chi connectivity index (χ4v) is 4.16. The number of rotatable bonds is 6. The van der Waals surface area contributed by atoms with Crippen molar-refractivity contribution >= 4 is 27.3 Å². The first kappa shape index (κ1) is 21.2. The summed E-state index contributed by atoms with van der Waals surface area (Å²) in [5.74, 6) is -1.80. The Hall–Kier alpha value is -3.47. The maximum atomic E-state index is 13.8. The van der Waals surface area contributed by atoms with Gasteiger partial charge in [0.25, 0.3) is 15.9 Å². The highest BCUT2D eigenvalue weighted by atomic mass is 32.2. The highest BCUT2D eigenvalue weighted by molar-refractivity contribution is 7.92. The van der Waals surface area contributed by atoms with Crippen LogP contribution in [0.3, 0.4) is 0 Å². The monoisotopic (exact) mass is 433 g/mol. The van der Waals surface area contributed by atoms with E-state index in [0.29, 0.717) is 5.69 Å². The number of para-hydroxylation sites is 1. The van der Waals surface area contributed by atoms with Crippen LogP contribution in [0.4, 0.5) is 15.8 Å². The number of methoxy groups -OCH3 is 1. The zero-order valence-electron chi connectivity index (χ0n) is 16.7. The van der Waals surface area contributed by atoms with Gasteiger partial charge in [0, 0.05) is 7.05 Å². The lowest BCUT2D eigenvalue weighted by atomic mass is 10.1. The number of aromatic nitrogens is 3. The molecule has 11 heteroatoms. The van der Waals surface area contributed by atoms with Crippen LogP contribution in [0.25, 0.3) is 0 Å². The van der Waals surface area contributed by atoms with Gasteiger partial charge in [0.05, 0.1) is 30.9 Å². The molecule has 0 aliphatic heterocycles. The number of nitrogens with one attached hydrogen (secondary N) is 2. The van der Waals surface area contributed by atoms with Gasteiger partial charge in [-0.2, -0.15) is 5.10 Å². The summed E-state index contributed by atoms with van der Waals surface area (Å²) in [5, 5.41) is 6.14. The number of hydrogen-bond donors (Lipinski definition) is 2. The molecule has 2 N–H and O–H groups in total. The van der Waals surface area contributed by atoms with Crippen LogP contribution in [0, 0.1) is 19.7 Å². The molecule has 0 saturated carbocycles. The lowest BCUT2D eigenvalue weighted by Gasteiger charge is -2.15. The van der Waals surface area contributed by atoms with E-state index in [-0.39, 0.29) is 16.5 Å². The Morgan fingerprint density at radius 1 is 1.23 bits per heavy atom. The van der Waals surface area contributed by atoms with Crippen molar-refractivity contribution < 1.29 is 22.3 Å². The van der Waals surface area contributed by atoms with Crippen molar-refractivity contribution in [2.45, 2.75) is 18.7 Å². The van der Waals surface area contributed by atoms with E-state index in [0.717, 1.165) is 22.0 Å². The number of sulfonamides is 1. The smallest absolute Gasteiger partial charge is 0.279 e. The third-order valence-electron chi connectivity index (χ3n) is 4.28. The number of carbonyl (C=O) groups is 1. The van der Waals surface area contributed by atoms with Crippen LogP contribution in [0.1, 0.15) is 21.6 Å². The van der Waals surface area contributed by atoms with Crippen LogP contribution in [0.5, 0.6) is 5.88 Å². The minimum atomic E-state index is -4.11. The van der Waals surface area contributed by atoms with Gasteiger partial charge in [-0.1, -0.05) is 18.2 Å². The topological polar surface area (TPSA) is 115 Å². The van der Waals surface area contributed by atoms with E-state index in [2.05, 4.69) is 20.1 Å². The zero-order chi connectivity index (χ0) is 22.1. The summed E-state index contributed by atoms with van der Waals surface area (Å²) in [5.41, 5.74) is 1.52. The van der Waals surface area contributed by atoms with Gasteiger partial charge in [-0.05, 0) is 31.0 Å². The molecule has 1 amide bonds. The van der Waals surface area contributed by atoms with Crippen LogP contribution in [0.2, 0.25) is 0 Å². The Labute approximate surface area is 172 Å². The summed E-state index contributed by atoms with van der Waals surface area (Å²) >= 11 is 0. The highest BCUT2D eigenvalue weighted by Crippen LogP contribution is 2.29. The average molecular weight is 433 g/mol. The largest absolute Gasteiger partial charge is 0.480 e. The number of anilines is 2. The van der Waals surface area contributed by atoms with Gasteiger partial charge in [0.2, 0.25) is 5.88 Å². The van der Waals surface area contributed by atoms with Gasteiger partial charge < -0.3 is 10.1 Å². The second-order valence-electron chi connectivity index (χ2n) is 6.56. The summed E-state index contributed by atoms with van der Waals surface area (Å²) in [6.07, 6.45) is 2.25. The van der Waals surface area contributed by atoms with Gasteiger partial charge in [0.1, 0.15) is 0 Å². The molecule has 3 rings (SSSR count). The molecule has 0 radical (unpaired) electrons. The highest BCUT2D eigenvalue weighted by Gasteiger charge is 2.24. The average Bonchev–Trinajstić information content (AvgIpc) is 3.03. The zero-order valence-corrected chi connectivity index (χ0v) is 17.5. The van der Waals surface area contributed by atoms with E-state index >= 15 is 0 Å². The summed E-state index contributed by atoms with van der Waals surface area (Å²) in [4.78, 5) is 16.0. The summed E-state index contributed by atoms with van der Waals surface area (Å²) in [7, 11) is -1.36. The van der Waals surface area contributed by atoms with E-state index < -0.39 is 27.4 Å². The number of pyridine rings is 1. The molecule has 0 spiro atoms. The molecule has 2 aromatic heterocycles. The molecule has 0 unspecified atom stereocenters. The van der Waals surface area contributed by atoms with Gasteiger partial charge in [-0.15, -0.1) is 0 Å². The Morgan fingerprint density at radius 2 is 1.90 bits per heavy atom. The third-order valence-corrected chi connectivity index (χ3v) is 5.62. The molecule has 30 heavy (non-hydrogen) atoms. The summed E-state index contributed by atoms with van der Waals surface area (Å²) in [6, 6.07) is 6.55. The van der Waals surface area contributed by atoms with Gasteiger partial charge in [-0.3, -0.25) is 14.2 Å². The number of carbonyl (C=O) groups excluding carboxylic acids is 1. The second-order valence-corrected chi connectivity index (χ2v) is 8.21. The van der Waals surface area contributed by atoms with Gasteiger partial charge in [-0.25, -0.2) is 17.8 Å². The van der Waals surface area contributed by atoms with E-state index in [9.17, 15) is 17.6 Å². The molecule has 1 aromatic carbocycles. The molecule has 0 atom stereocenters. The SMILES string of the molecule is COc1ncc(NC(=O)c2nn(C)cc2F)cc1S(=O)(=O)Nc1c(C)cccc1C. The van der Waals surface area contributed by atoms with Crippen molar-refractivity contribution in [3.63, 3.8) is 0 Å². The lowest BCUT2D eigenvalue weighted by molar-refractivity contribution is 0.101. The molecule has 0 aliphatic rings. The molecule has 158 valence electrons. The third kappa shape index (κ3) is 4.25. The van der Waals surface area contributed by atoms with Crippen molar-refractivity contribution in [1.82, 2.24) is 14.8 Å². The number of nitrogens with zero attached hydrogens (tertiary/aromatic N) is 3. The predicted octanol–water partition coefficient (Wildman–Crippen LogP) is 2.63. The van der Waals surface area contributed by atoms with Crippen molar-refractivity contribution in [3.8, 4) is 5.88 Å². The van der Waals surface area contributed by atoms with Crippen LogP contribution in [-0.2, 0) is 17.1 Å². The van der Waals surface area contributed by atoms with E-state index in [4.69, 9.17) is 4.74 Å². The lowest BCUT2D eigenvalue weighted by Crippen LogP contribution is -2.18. The maximum Gasteiger partial charge on any atom is 0.279 e. The van der Waals surface area contributed by atoms with Gasteiger partial charge >= 0.3 is 0 Å². The van der Waals surface area contributed by atoms with Crippen LogP contribution >= 0.6 is 0 Å². The fourth-order valence-electron chi connectivity index (χ4n) is 2.81. The summed E-state index contributed by atoms with van der Waals surface area (Å²) in [6.45, 7) is 3.55. The number of hydrogen-bond acceptors (Lipinski definition) is 6. The molecule has 0 fully saturated rings. The summed E-state index contributed by atoms with van der Waals surface area (Å²) < 4.78 is 48.6. The number of ether oxygens (including phenoxy) is 1. The first-order valence-electron chi connectivity index (χ1n) is 8.76. The van der Waals surface area contributed by atoms with E-state index in [1.807, 2.05) is 6.07 Å². The molecule has 0 saturated heterocycles. The minimum Gasteiger partial charge on any atom is -0.480 e. The second kappa shape index (κ2) is 8.11. The standard InChI is InChI=1S/C19H20FN5O4S/c1-11-6-5-7-12(2)16(11)24-30(27,28)15-8-13(9-21-19(15)29-4)22-18(26)17-14(20)10-25(3)23-17/h5-10,24H,1-4H3,(H,22,26). The number of aryl methyl sites for hydroxylation is 3. The normalized spacial score (nSPS) is 11.2. The predicted molar refractivity (Wildman–Crippen MR) is 109 cm³/mol. The van der Waals surface area contributed by atoms with Crippen LogP contribution in [-0.4, -0.2) is 36.2 Å².